The topological polar surface area (TPSA) is 104 Å². The molecular formula is C25H33N4O4+. The van der Waals surface area contributed by atoms with Crippen molar-refractivity contribution in [2.24, 2.45) is 5.73 Å². The molecule has 0 aliphatic carbocycles. The summed E-state index contributed by atoms with van der Waals surface area (Å²) in [5.74, 6) is 0.753. The Labute approximate surface area is 194 Å². The maximum absolute atomic E-state index is 13.8. The fourth-order valence-electron chi connectivity index (χ4n) is 4.43. The number of nitriles is 1. The Hall–Kier alpha value is -3.44. The van der Waals surface area contributed by atoms with Gasteiger partial charge in [-0.15, -0.1) is 0 Å². The van der Waals surface area contributed by atoms with Crippen molar-refractivity contribution in [1.29, 1.82) is 5.26 Å². The highest BCUT2D eigenvalue weighted by molar-refractivity contribution is 5.59. The first kappa shape index (κ1) is 24.2. The van der Waals surface area contributed by atoms with Gasteiger partial charge in [0.1, 0.15) is 28.9 Å². The molecule has 0 saturated carbocycles. The van der Waals surface area contributed by atoms with Crippen LogP contribution in [0, 0.1) is 18.3 Å². The third kappa shape index (κ3) is 4.69. The van der Waals surface area contributed by atoms with Crippen LogP contribution in [0.5, 0.6) is 17.2 Å². The van der Waals surface area contributed by atoms with E-state index in [2.05, 4.69) is 19.9 Å². The number of hydrogen-bond acceptors (Lipinski definition) is 6. The van der Waals surface area contributed by atoms with Crippen LogP contribution in [0.3, 0.4) is 0 Å². The molecule has 1 aliphatic rings. The van der Waals surface area contributed by atoms with Crippen molar-refractivity contribution in [3.63, 3.8) is 0 Å². The van der Waals surface area contributed by atoms with E-state index in [1.54, 1.807) is 37.0 Å². The van der Waals surface area contributed by atoms with E-state index in [-0.39, 0.29) is 17.0 Å². The molecule has 0 bridgehead atoms. The van der Waals surface area contributed by atoms with Crippen molar-refractivity contribution in [3.05, 3.63) is 62.9 Å². The van der Waals surface area contributed by atoms with Crippen LogP contribution in [0.4, 0.5) is 0 Å². The van der Waals surface area contributed by atoms with E-state index >= 15 is 0 Å². The van der Waals surface area contributed by atoms with E-state index in [0.29, 0.717) is 34.9 Å². The molecule has 1 atom stereocenters. The van der Waals surface area contributed by atoms with Gasteiger partial charge in [-0.3, -0.25) is 4.79 Å². The standard InChI is InChI=1S/C25H32N4O4/c1-6-28(7-2)11-8-12-29-16(3)13-21-23(25(29)30)22(19(15-26)24(27)33-21)18-14-17(31-4)9-10-20(18)32-5/h9-10,13-14,22H,6-8,11-12,27H2,1-5H3/p+1/t22-/m0/s1. The molecule has 1 aliphatic heterocycles. The lowest BCUT2D eigenvalue weighted by atomic mass is 9.83. The van der Waals surface area contributed by atoms with Gasteiger partial charge >= 0.3 is 0 Å². The van der Waals surface area contributed by atoms with E-state index in [1.165, 1.54) is 4.90 Å². The SMILES string of the molecule is CC[NH+](CC)CCCn1c(C)cc2c(c1=O)[C@@H](c1cc(OC)ccc1OC)C(C#N)=C(N)O2. The van der Waals surface area contributed by atoms with Gasteiger partial charge in [0.2, 0.25) is 5.88 Å². The quantitative estimate of drug-likeness (QED) is 0.599. The number of nitrogens with one attached hydrogen (secondary N) is 1. The van der Waals surface area contributed by atoms with Gasteiger partial charge in [-0.05, 0) is 39.0 Å². The third-order valence-corrected chi connectivity index (χ3v) is 6.35. The number of nitrogens with two attached hydrogens (primary N) is 1. The molecular weight excluding hydrogens is 420 g/mol. The monoisotopic (exact) mass is 453 g/mol. The Kier molecular flexibility index (Phi) is 7.67. The van der Waals surface area contributed by atoms with E-state index in [0.717, 1.165) is 31.7 Å². The number of methoxy groups -OCH3 is 2. The third-order valence-electron chi connectivity index (χ3n) is 6.35. The molecule has 176 valence electrons. The van der Waals surface area contributed by atoms with Crippen LogP contribution in [0.15, 0.2) is 40.5 Å². The van der Waals surface area contributed by atoms with Crippen molar-refractivity contribution in [2.45, 2.75) is 39.7 Å². The molecule has 33 heavy (non-hydrogen) atoms. The number of aryl methyl sites for hydroxylation is 1. The van der Waals surface area contributed by atoms with Crippen LogP contribution in [-0.4, -0.2) is 38.4 Å². The lowest BCUT2D eigenvalue weighted by molar-refractivity contribution is -0.896. The van der Waals surface area contributed by atoms with Gasteiger partial charge in [0.25, 0.3) is 5.56 Å². The Morgan fingerprint density at radius 2 is 1.94 bits per heavy atom. The minimum absolute atomic E-state index is 0.0124. The van der Waals surface area contributed by atoms with Crippen LogP contribution in [0.2, 0.25) is 0 Å². The van der Waals surface area contributed by atoms with Crippen molar-refractivity contribution in [2.75, 3.05) is 33.9 Å². The molecule has 2 aromatic rings. The molecule has 0 fully saturated rings. The molecule has 3 rings (SSSR count). The average molecular weight is 454 g/mol. The molecule has 8 heteroatoms. The number of rotatable bonds is 9. The van der Waals surface area contributed by atoms with Crippen LogP contribution in [0.25, 0.3) is 0 Å². The van der Waals surface area contributed by atoms with Crippen molar-refractivity contribution < 1.29 is 19.1 Å². The summed E-state index contributed by atoms with van der Waals surface area (Å²) in [6.45, 7) is 9.89. The molecule has 1 aromatic carbocycles. The highest BCUT2D eigenvalue weighted by Gasteiger charge is 2.36. The van der Waals surface area contributed by atoms with Crippen LogP contribution >= 0.6 is 0 Å². The molecule has 0 unspecified atom stereocenters. The molecule has 0 radical (unpaired) electrons. The second kappa shape index (κ2) is 10.5. The normalized spacial score (nSPS) is 15.1. The second-order valence-electron chi connectivity index (χ2n) is 8.11. The number of aromatic nitrogens is 1. The molecule has 0 saturated heterocycles. The van der Waals surface area contributed by atoms with Gasteiger partial charge in [-0.2, -0.15) is 5.26 Å². The number of pyridine rings is 1. The summed E-state index contributed by atoms with van der Waals surface area (Å²) in [7, 11) is 3.11. The maximum Gasteiger partial charge on any atom is 0.258 e. The zero-order chi connectivity index (χ0) is 24.1. The predicted molar refractivity (Wildman–Crippen MR) is 126 cm³/mol. The maximum atomic E-state index is 13.8. The van der Waals surface area contributed by atoms with E-state index in [4.69, 9.17) is 19.9 Å². The Bertz CT molecular complexity index is 1140. The number of nitrogens with zero attached hydrogens (tertiary/aromatic N) is 2. The largest absolute Gasteiger partial charge is 0.497 e. The van der Waals surface area contributed by atoms with Crippen molar-refractivity contribution >= 4 is 0 Å². The molecule has 3 N–H and O–H groups in total. The van der Waals surface area contributed by atoms with Crippen LogP contribution in [-0.2, 0) is 6.54 Å². The first-order chi connectivity index (χ1) is 15.9. The summed E-state index contributed by atoms with van der Waals surface area (Å²) in [6.07, 6.45) is 0.869. The summed E-state index contributed by atoms with van der Waals surface area (Å²) >= 11 is 0. The second-order valence-corrected chi connectivity index (χ2v) is 8.11. The zero-order valence-electron chi connectivity index (χ0n) is 20.0. The van der Waals surface area contributed by atoms with Gasteiger partial charge in [-0.1, -0.05) is 0 Å². The van der Waals surface area contributed by atoms with Gasteiger partial charge in [0, 0.05) is 30.3 Å². The lowest BCUT2D eigenvalue weighted by Crippen LogP contribution is -3.11. The first-order valence-corrected chi connectivity index (χ1v) is 11.3. The van der Waals surface area contributed by atoms with Crippen LogP contribution in [0.1, 0.15) is 43.0 Å². The van der Waals surface area contributed by atoms with E-state index in [9.17, 15) is 10.1 Å². The van der Waals surface area contributed by atoms with Crippen molar-refractivity contribution in [3.8, 4) is 23.3 Å². The molecule has 8 nitrogen and oxygen atoms in total. The minimum Gasteiger partial charge on any atom is -0.497 e. The first-order valence-electron chi connectivity index (χ1n) is 11.3. The Morgan fingerprint density at radius 1 is 1.21 bits per heavy atom. The summed E-state index contributed by atoms with van der Waals surface area (Å²) in [4.78, 5) is 15.3. The minimum atomic E-state index is -0.725. The summed E-state index contributed by atoms with van der Waals surface area (Å²) in [5, 5.41) is 9.93. The predicted octanol–water partition coefficient (Wildman–Crippen LogP) is 1.71. The van der Waals surface area contributed by atoms with Gasteiger partial charge in [0.05, 0.1) is 45.3 Å². The van der Waals surface area contributed by atoms with Gasteiger partial charge < -0.3 is 29.4 Å². The lowest BCUT2D eigenvalue weighted by Gasteiger charge is -2.28. The Balaban J connectivity index is 2.16. The summed E-state index contributed by atoms with van der Waals surface area (Å²) < 4.78 is 18.5. The average Bonchev–Trinajstić information content (AvgIpc) is 2.82. The van der Waals surface area contributed by atoms with Crippen molar-refractivity contribution in [1.82, 2.24) is 4.57 Å². The fraction of sp³-hybridized carbons (Fsp3) is 0.440. The number of allylic oxidation sites excluding steroid dienone is 1. The van der Waals surface area contributed by atoms with Crippen LogP contribution < -0.4 is 30.4 Å². The molecule has 2 heterocycles. The zero-order valence-corrected chi connectivity index (χ0v) is 20.0. The van der Waals surface area contributed by atoms with E-state index in [1.807, 2.05) is 13.0 Å². The highest BCUT2D eigenvalue weighted by Crippen LogP contribution is 2.44. The van der Waals surface area contributed by atoms with Gasteiger partial charge in [0.15, 0.2) is 0 Å². The molecule has 0 spiro atoms. The van der Waals surface area contributed by atoms with Gasteiger partial charge in [-0.25, -0.2) is 0 Å². The summed E-state index contributed by atoms with van der Waals surface area (Å²) in [5.41, 5.74) is 7.92. The smallest absolute Gasteiger partial charge is 0.258 e. The van der Waals surface area contributed by atoms with E-state index < -0.39 is 5.92 Å². The number of hydrogen-bond donors (Lipinski definition) is 2. The fourth-order valence-corrected chi connectivity index (χ4v) is 4.43. The number of ether oxygens (including phenoxy) is 3. The Morgan fingerprint density at radius 3 is 2.55 bits per heavy atom. The molecule has 0 amide bonds. The number of fused-ring (bicyclic) bond motifs is 1. The highest BCUT2D eigenvalue weighted by atomic mass is 16.5. The molecule has 1 aromatic heterocycles. The number of benzene rings is 1. The number of quaternary nitrogens is 1. The summed E-state index contributed by atoms with van der Waals surface area (Å²) in [6, 6.07) is 9.27.